The van der Waals surface area contributed by atoms with Crippen LogP contribution in [-0.4, -0.2) is 29.8 Å². The third kappa shape index (κ3) is 4.75. The number of rotatable bonds is 5. The molecule has 4 nitrogen and oxygen atoms in total. The van der Waals surface area contributed by atoms with Gasteiger partial charge in [0, 0.05) is 23.9 Å². The lowest BCUT2D eigenvalue weighted by Gasteiger charge is -2.34. The molecule has 2 atom stereocenters. The molecule has 3 rings (SSSR count). The van der Waals surface area contributed by atoms with E-state index in [1.165, 1.54) is 12.1 Å². The minimum Gasteiger partial charge on any atom is -0.344 e. The van der Waals surface area contributed by atoms with Gasteiger partial charge >= 0.3 is 0 Å². The quantitative estimate of drug-likeness (QED) is 0.842. The van der Waals surface area contributed by atoms with Gasteiger partial charge in [-0.05, 0) is 42.0 Å². The molecule has 1 saturated heterocycles. The van der Waals surface area contributed by atoms with Gasteiger partial charge in [-0.2, -0.15) is 0 Å². The van der Waals surface area contributed by atoms with Gasteiger partial charge in [0.1, 0.15) is 5.82 Å². The van der Waals surface area contributed by atoms with Gasteiger partial charge in [0.05, 0.1) is 12.0 Å². The van der Waals surface area contributed by atoms with Crippen LogP contribution in [0.5, 0.6) is 0 Å². The second kappa shape index (κ2) is 8.65. The number of hydrogen-bond donors (Lipinski definition) is 1. The van der Waals surface area contributed by atoms with Gasteiger partial charge in [0.15, 0.2) is 0 Å². The number of benzene rings is 1. The summed E-state index contributed by atoms with van der Waals surface area (Å²) in [5, 5.41) is 5.08. The normalized spacial score (nSPS) is 18.4. The van der Waals surface area contributed by atoms with E-state index < -0.39 is 0 Å². The van der Waals surface area contributed by atoms with Crippen molar-refractivity contribution in [3.05, 3.63) is 58.0 Å². The second-order valence-corrected chi connectivity index (χ2v) is 8.27. The summed E-state index contributed by atoms with van der Waals surface area (Å²) in [5.74, 6) is -0.542. The van der Waals surface area contributed by atoms with Crippen LogP contribution in [0.2, 0.25) is 0 Å². The van der Waals surface area contributed by atoms with Crippen LogP contribution in [0.1, 0.15) is 43.2 Å². The van der Waals surface area contributed by atoms with E-state index in [-0.39, 0.29) is 35.5 Å². The fourth-order valence-electron chi connectivity index (χ4n) is 3.45. The summed E-state index contributed by atoms with van der Waals surface area (Å²) in [6.07, 6.45) is 1.60. The maximum atomic E-state index is 13.3. The fourth-order valence-corrected chi connectivity index (χ4v) is 4.25. The third-order valence-electron chi connectivity index (χ3n) is 4.92. The van der Waals surface area contributed by atoms with Crippen LogP contribution in [-0.2, 0) is 9.59 Å². The van der Waals surface area contributed by atoms with Gasteiger partial charge in [-0.3, -0.25) is 9.59 Å². The number of halogens is 1. The van der Waals surface area contributed by atoms with Crippen LogP contribution in [0.4, 0.5) is 4.39 Å². The molecule has 1 aromatic carbocycles. The number of nitrogens with zero attached hydrogens (tertiary/aromatic N) is 1. The molecule has 2 aromatic rings. The first-order valence-electron chi connectivity index (χ1n) is 9.33. The molecule has 0 unspecified atom stereocenters. The molecule has 27 heavy (non-hydrogen) atoms. The van der Waals surface area contributed by atoms with Crippen molar-refractivity contribution in [1.82, 2.24) is 10.2 Å². The largest absolute Gasteiger partial charge is 0.344 e. The van der Waals surface area contributed by atoms with Crippen molar-refractivity contribution in [1.29, 1.82) is 0 Å². The Kier molecular flexibility index (Phi) is 6.26. The lowest BCUT2D eigenvalue weighted by molar-refractivity contribution is -0.138. The maximum Gasteiger partial charge on any atom is 0.225 e. The molecule has 1 aliphatic heterocycles. The summed E-state index contributed by atoms with van der Waals surface area (Å²) < 4.78 is 13.3. The summed E-state index contributed by atoms with van der Waals surface area (Å²) in [6.45, 7) is 4.94. The van der Waals surface area contributed by atoms with Crippen LogP contribution in [0, 0.1) is 17.7 Å². The van der Waals surface area contributed by atoms with Gasteiger partial charge in [0.25, 0.3) is 0 Å². The average Bonchev–Trinajstić information content (AvgIpc) is 3.20. The zero-order valence-corrected chi connectivity index (χ0v) is 16.5. The third-order valence-corrected chi connectivity index (χ3v) is 5.85. The number of carbonyl (C=O) groups is 2. The average molecular weight is 389 g/mol. The van der Waals surface area contributed by atoms with Gasteiger partial charge in [0.2, 0.25) is 11.8 Å². The topological polar surface area (TPSA) is 49.4 Å². The van der Waals surface area contributed by atoms with Crippen molar-refractivity contribution < 1.29 is 14.0 Å². The molecular weight excluding hydrogens is 363 g/mol. The van der Waals surface area contributed by atoms with Gasteiger partial charge < -0.3 is 10.2 Å². The highest BCUT2D eigenvalue weighted by molar-refractivity contribution is 7.10. The van der Waals surface area contributed by atoms with E-state index in [1.54, 1.807) is 28.4 Å². The van der Waals surface area contributed by atoms with Crippen molar-refractivity contribution in [3.63, 3.8) is 0 Å². The molecule has 0 radical (unpaired) electrons. The number of amides is 2. The molecule has 1 aliphatic rings. The number of piperidine rings is 1. The van der Waals surface area contributed by atoms with Gasteiger partial charge in [-0.25, -0.2) is 4.39 Å². The fraction of sp³-hybridized carbons (Fsp3) is 0.429. The predicted molar refractivity (Wildman–Crippen MR) is 105 cm³/mol. The summed E-state index contributed by atoms with van der Waals surface area (Å²) >= 11 is 1.56. The SMILES string of the molecule is CC(C)C(=O)N1CCC[C@@H](C(=O)N[C@H](c2ccc(F)cc2)c2cccs2)C1. The van der Waals surface area contributed by atoms with Gasteiger partial charge in [-0.15, -0.1) is 11.3 Å². The van der Waals surface area contributed by atoms with E-state index in [9.17, 15) is 14.0 Å². The van der Waals surface area contributed by atoms with E-state index >= 15 is 0 Å². The summed E-state index contributed by atoms with van der Waals surface area (Å²) in [6, 6.07) is 9.82. The Morgan fingerprint density at radius 1 is 1.22 bits per heavy atom. The second-order valence-electron chi connectivity index (χ2n) is 7.29. The van der Waals surface area contributed by atoms with Crippen molar-refractivity contribution in [2.45, 2.75) is 32.7 Å². The molecule has 1 N–H and O–H groups in total. The minimum atomic E-state index is -0.311. The van der Waals surface area contributed by atoms with Crippen LogP contribution < -0.4 is 5.32 Å². The number of carbonyl (C=O) groups excluding carboxylic acids is 2. The molecule has 0 spiro atoms. The van der Waals surface area contributed by atoms with Crippen molar-refractivity contribution >= 4 is 23.2 Å². The molecule has 1 fully saturated rings. The van der Waals surface area contributed by atoms with Crippen LogP contribution >= 0.6 is 11.3 Å². The summed E-state index contributed by atoms with van der Waals surface area (Å²) in [7, 11) is 0. The van der Waals surface area contributed by atoms with Crippen LogP contribution in [0.15, 0.2) is 41.8 Å². The van der Waals surface area contributed by atoms with Crippen LogP contribution in [0.3, 0.4) is 0 Å². The molecule has 1 aromatic heterocycles. The van der Waals surface area contributed by atoms with Crippen LogP contribution in [0.25, 0.3) is 0 Å². The lowest BCUT2D eigenvalue weighted by atomic mass is 9.95. The van der Waals surface area contributed by atoms with Crippen molar-refractivity contribution in [3.8, 4) is 0 Å². The minimum absolute atomic E-state index is 0.0565. The Hall–Kier alpha value is -2.21. The van der Waals surface area contributed by atoms with E-state index in [2.05, 4.69) is 5.32 Å². The molecule has 2 amide bonds. The smallest absolute Gasteiger partial charge is 0.225 e. The van der Waals surface area contributed by atoms with E-state index in [0.717, 1.165) is 23.3 Å². The van der Waals surface area contributed by atoms with Crippen molar-refractivity contribution in [2.75, 3.05) is 13.1 Å². The maximum absolute atomic E-state index is 13.3. The highest BCUT2D eigenvalue weighted by Crippen LogP contribution is 2.28. The van der Waals surface area contributed by atoms with E-state index in [1.807, 2.05) is 31.4 Å². The number of thiophene rings is 1. The Morgan fingerprint density at radius 2 is 1.96 bits per heavy atom. The monoisotopic (exact) mass is 388 g/mol. The number of nitrogens with one attached hydrogen (secondary N) is 1. The molecule has 0 aliphatic carbocycles. The van der Waals surface area contributed by atoms with E-state index in [4.69, 9.17) is 0 Å². The zero-order valence-electron chi connectivity index (χ0n) is 15.7. The first kappa shape index (κ1) is 19.5. The Labute approximate surface area is 163 Å². The first-order chi connectivity index (χ1) is 13.0. The molecule has 2 heterocycles. The zero-order chi connectivity index (χ0) is 19.4. The highest BCUT2D eigenvalue weighted by Gasteiger charge is 2.31. The van der Waals surface area contributed by atoms with E-state index in [0.29, 0.717) is 13.1 Å². The Morgan fingerprint density at radius 3 is 2.59 bits per heavy atom. The first-order valence-corrected chi connectivity index (χ1v) is 10.2. The van der Waals surface area contributed by atoms with Gasteiger partial charge in [-0.1, -0.05) is 32.0 Å². The molecule has 6 heteroatoms. The predicted octanol–water partition coefficient (Wildman–Crippen LogP) is 3.99. The molecule has 0 saturated carbocycles. The number of hydrogen-bond acceptors (Lipinski definition) is 3. The lowest BCUT2D eigenvalue weighted by Crippen LogP contribution is -2.47. The van der Waals surface area contributed by atoms with Crippen molar-refractivity contribution in [2.24, 2.45) is 11.8 Å². The molecule has 144 valence electrons. The molecular formula is C21H25FN2O2S. The summed E-state index contributed by atoms with van der Waals surface area (Å²) in [4.78, 5) is 28.1. The summed E-state index contributed by atoms with van der Waals surface area (Å²) in [5.41, 5.74) is 0.845. The highest BCUT2D eigenvalue weighted by atomic mass is 32.1. The molecule has 0 bridgehead atoms. The number of likely N-dealkylation sites (tertiary alicyclic amines) is 1. The standard InChI is InChI=1S/C21H25FN2O2S/c1-14(2)21(26)24-11-3-5-16(13-24)20(25)23-19(18-6-4-12-27-18)15-7-9-17(22)10-8-15/h4,6-10,12,14,16,19H,3,5,11,13H2,1-2H3,(H,23,25)/t16-,19-/m1/s1. The Bertz CT molecular complexity index is 774. The Balaban J connectivity index is 1.74.